The summed E-state index contributed by atoms with van der Waals surface area (Å²) >= 11 is 0. The summed E-state index contributed by atoms with van der Waals surface area (Å²) in [5.74, 6) is 2.71. The predicted molar refractivity (Wildman–Crippen MR) is 84.9 cm³/mol. The maximum atomic E-state index is 2.46. The van der Waals surface area contributed by atoms with Crippen LogP contribution in [-0.2, 0) is 0 Å². The second-order valence-electron chi connectivity index (χ2n) is 7.94. The smallest absolute Gasteiger partial charge is 0.0383 e. The van der Waals surface area contributed by atoms with E-state index < -0.39 is 0 Å². The quantitative estimate of drug-likeness (QED) is 0.402. The van der Waals surface area contributed by atoms with Gasteiger partial charge in [-0.2, -0.15) is 0 Å². The van der Waals surface area contributed by atoms with Gasteiger partial charge in [0.25, 0.3) is 0 Å². The Kier molecular flexibility index (Phi) is 8.99. The fraction of sp³-hybridized carbons (Fsp3) is 1.00. The van der Waals surface area contributed by atoms with E-state index in [-0.39, 0.29) is 0 Å². The lowest BCUT2D eigenvalue weighted by atomic mass is 9.79. The van der Waals surface area contributed by atoms with Crippen LogP contribution in [0.1, 0.15) is 93.4 Å². The Morgan fingerprint density at radius 1 is 0.889 bits per heavy atom. The molecule has 0 aliphatic heterocycles. The van der Waals surface area contributed by atoms with E-state index in [0.29, 0.717) is 5.41 Å². The molecule has 0 aromatic carbocycles. The minimum absolute atomic E-state index is 0.504. The van der Waals surface area contributed by atoms with Crippen LogP contribution in [-0.4, -0.2) is 0 Å². The standard InChI is InChI=1S/C18H38/c1-8-9-10-11-17(15(2)3)14-16(4)12-13-18(5,6)7/h15-17H,8-14H2,1-7H3. The number of hydrogen-bond donors (Lipinski definition) is 0. The fourth-order valence-corrected chi connectivity index (χ4v) is 2.69. The zero-order valence-electron chi connectivity index (χ0n) is 14.2. The average molecular weight is 255 g/mol. The molecule has 0 N–H and O–H groups in total. The summed E-state index contributed by atoms with van der Waals surface area (Å²) in [6.07, 6.45) is 9.87. The van der Waals surface area contributed by atoms with Crippen molar-refractivity contribution in [2.45, 2.75) is 93.4 Å². The zero-order chi connectivity index (χ0) is 14.2. The highest BCUT2D eigenvalue weighted by molar-refractivity contribution is 4.70. The van der Waals surface area contributed by atoms with Gasteiger partial charge in [0.2, 0.25) is 0 Å². The molecule has 2 atom stereocenters. The first kappa shape index (κ1) is 18.0. The first-order valence-electron chi connectivity index (χ1n) is 8.26. The highest BCUT2D eigenvalue weighted by Crippen LogP contribution is 2.30. The zero-order valence-corrected chi connectivity index (χ0v) is 14.2. The van der Waals surface area contributed by atoms with Gasteiger partial charge in [-0.05, 0) is 36.0 Å². The summed E-state index contributed by atoms with van der Waals surface area (Å²) < 4.78 is 0. The summed E-state index contributed by atoms with van der Waals surface area (Å²) in [4.78, 5) is 0. The molecule has 0 aromatic heterocycles. The monoisotopic (exact) mass is 254 g/mol. The Morgan fingerprint density at radius 3 is 1.94 bits per heavy atom. The Labute approximate surface area is 117 Å². The maximum absolute atomic E-state index is 2.46. The van der Waals surface area contributed by atoms with E-state index in [1.807, 2.05) is 0 Å². The van der Waals surface area contributed by atoms with Crippen LogP contribution in [0.3, 0.4) is 0 Å². The van der Waals surface area contributed by atoms with Crippen molar-refractivity contribution < 1.29 is 0 Å². The van der Waals surface area contributed by atoms with Crippen LogP contribution in [0, 0.1) is 23.2 Å². The van der Waals surface area contributed by atoms with Crippen molar-refractivity contribution in [1.82, 2.24) is 0 Å². The van der Waals surface area contributed by atoms with Gasteiger partial charge in [-0.3, -0.25) is 0 Å². The van der Waals surface area contributed by atoms with E-state index in [9.17, 15) is 0 Å². The molecule has 0 heterocycles. The lowest BCUT2D eigenvalue weighted by molar-refractivity contribution is 0.251. The normalized spacial score (nSPS) is 16.0. The van der Waals surface area contributed by atoms with Crippen LogP contribution in [0.4, 0.5) is 0 Å². The van der Waals surface area contributed by atoms with Crippen molar-refractivity contribution in [3.05, 3.63) is 0 Å². The molecule has 0 rings (SSSR count). The highest BCUT2D eigenvalue weighted by atomic mass is 14.2. The second kappa shape index (κ2) is 8.99. The van der Waals surface area contributed by atoms with Gasteiger partial charge in [0.15, 0.2) is 0 Å². The minimum atomic E-state index is 0.504. The van der Waals surface area contributed by atoms with Crippen molar-refractivity contribution in [3.8, 4) is 0 Å². The molecule has 0 saturated carbocycles. The Hall–Kier alpha value is 0. The average Bonchev–Trinajstić information content (AvgIpc) is 2.24. The molecule has 18 heavy (non-hydrogen) atoms. The molecule has 0 amide bonds. The van der Waals surface area contributed by atoms with Crippen LogP contribution >= 0.6 is 0 Å². The van der Waals surface area contributed by atoms with Gasteiger partial charge in [0.05, 0.1) is 0 Å². The predicted octanol–water partition coefficient (Wildman–Crippen LogP) is 6.69. The van der Waals surface area contributed by atoms with Crippen molar-refractivity contribution in [2.24, 2.45) is 23.2 Å². The molecule has 0 spiro atoms. The lowest BCUT2D eigenvalue weighted by Gasteiger charge is -2.26. The van der Waals surface area contributed by atoms with Gasteiger partial charge >= 0.3 is 0 Å². The van der Waals surface area contributed by atoms with E-state index in [2.05, 4.69) is 48.5 Å². The molecular weight excluding hydrogens is 216 g/mol. The maximum Gasteiger partial charge on any atom is -0.0383 e. The molecular formula is C18H38. The molecule has 0 aliphatic carbocycles. The molecule has 110 valence electrons. The number of hydrogen-bond acceptors (Lipinski definition) is 0. The van der Waals surface area contributed by atoms with E-state index in [0.717, 1.165) is 17.8 Å². The van der Waals surface area contributed by atoms with Gasteiger partial charge in [0.1, 0.15) is 0 Å². The van der Waals surface area contributed by atoms with Crippen molar-refractivity contribution in [3.63, 3.8) is 0 Å². The third-order valence-electron chi connectivity index (χ3n) is 4.21. The SMILES string of the molecule is CCCCCC(CC(C)CCC(C)(C)C)C(C)C. The molecule has 2 unspecified atom stereocenters. The van der Waals surface area contributed by atoms with E-state index >= 15 is 0 Å². The molecule has 0 aliphatic rings. The van der Waals surface area contributed by atoms with Crippen LogP contribution in [0.5, 0.6) is 0 Å². The van der Waals surface area contributed by atoms with Crippen molar-refractivity contribution >= 4 is 0 Å². The Bertz CT molecular complexity index is 185. The van der Waals surface area contributed by atoms with Crippen LogP contribution in [0.25, 0.3) is 0 Å². The van der Waals surface area contributed by atoms with Crippen LogP contribution in [0.15, 0.2) is 0 Å². The molecule has 0 bridgehead atoms. The van der Waals surface area contributed by atoms with Gasteiger partial charge in [-0.1, -0.05) is 80.6 Å². The van der Waals surface area contributed by atoms with E-state index in [4.69, 9.17) is 0 Å². The number of unbranched alkanes of at least 4 members (excludes halogenated alkanes) is 2. The molecule has 0 fully saturated rings. The van der Waals surface area contributed by atoms with Crippen molar-refractivity contribution in [1.29, 1.82) is 0 Å². The summed E-state index contributed by atoms with van der Waals surface area (Å²) in [6.45, 7) is 16.7. The second-order valence-corrected chi connectivity index (χ2v) is 7.94. The third kappa shape index (κ3) is 9.97. The molecule has 0 radical (unpaired) electrons. The molecule has 0 saturated heterocycles. The third-order valence-corrected chi connectivity index (χ3v) is 4.21. The molecule has 0 heteroatoms. The number of rotatable bonds is 9. The van der Waals surface area contributed by atoms with E-state index in [1.165, 1.54) is 44.9 Å². The first-order valence-corrected chi connectivity index (χ1v) is 8.26. The molecule has 0 aromatic rings. The van der Waals surface area contributed by atoms with E-state index in [1.54, 1.807) is 0 Å². The fourth-order valence-electron chi connectivity index (χ4n) is 2.69. The van der Waals surface area contributed by atoms with Crippen LogP contribution in [0.2, 0.25) is 0 Å². The van der Waals surface area contributed by atoms with Gasteiger partial charge in [-0.25, -0.2) is 0 Å². The van der Waals surface area contributed by atoms with Gasteiger partial charge < -0.3 is 0 Å². The summed E-state index contributed by atoms with van der Waals surface area (Å²) in [6, 6.07) is 0. The largest absolute Gasteiger partial charge is 0.0654 e. The first-order chi connectivity index (χ1) is 8.26. The topological polar surface area (TPSA) is 0 Å². The summed E-state index contributed by atoms with van der Waals surface area (Å²) in [7, 11) is 0. The van der Waals surface area contributed by atoms with Crippen LogP contribution < -0.4 is 0 Å². The Balaban J connectivity index is 3.99. The molecule has 0 nitrogen and oxygen atoms in total. The minimum Gasteiger partial charge on any atom is -0.0654 e. The highest BCUT2D eigenvalue weighted by Gasteiger charge is 2.18. The lowest BCUT2D eigenvalue weighted by Crippen LogP contribution is -2.15. The van der Waals surface area contributed by atoms with Gasteiger partial charge in [0, 0.05) is 0 Å². The Morgan fingerprint density at radius 2 is 1.50 bits per heavy atom. The summed E-state index contributed by atoms with van der Waals surface area (Å²) in [5.41, 5.74) is 0.504. The van der Waals surface area contributed by atoms with Gasteiger partial charge in [-0.15, -0.1) is 0 Å². The summed E-state index contributed by atoms with van der Waals surface area (Å²) in [5, 5.41) is 0. The van der Waals surface area contributed by atoms with Crippen molar-refractivity contribution in [2.75, 3.05) is 0 Å².